The lowest BCUT2D eigenvalue weighted by Gasteiger charge is -2.24. The number of nitriles is 1. The van der Waals surface area contributed by atoms with Gasteiger partial charge in [-0.2, -0.15) is 5.26 Å². The number of halogens is 1. The normalized spacial score (nSPS) is 13.5. The molecule has 0 saturated heterocycles. The molecule has 1 heterocycles. The van der Waals surface area contributed by atoms with Gasteiger partial charge in [-0.25, -0.2) is 0 Å². The zero-order valence-electron chi connectivity index (χ0n) is 10.4. The molecule has 0 radical (unpaired) electrons. The van der Waals surface area contributed by atoms with E-state index in [4.69, 9.17) is 21.3 Å². The van der Waals surface area contributed by atoms with Gasteiger partial charge in [-0.1, -0.05) is 12.1 Å². The average Bonchev–Trinajstić information content (AvgIpc) is 2.91. The van der Waals surface area contributed by atoms with Crippen molar-refractivity contribution in [3.8, 4) is 6.07 Å². The Bertz CT molecular complexity index is 611. The molecule has 2 aromatic rings. The summed E-state index contributed by atoms with van der Waals surface area (Å²) in [6.07, 6.45) is 1.95. The minimum atomic E-state index is -0.868. The third-order valence-corrected chi connectivity index (χ3v) is 3.61. The molecule has 96 valence electrons. The first kappa shape index (κ1) is 13.4. The molecule has 0 aliphatic rings. The second kappa shape index (κ2) is 5.29. The molecule has 0 bridgehead atoms. The van der Waals surface area contributed by atoms with Crippen LogP contribution in [0.4, 0.5) is 0 Å². The van der Waals surface area contributed by atoms with E-state index in [0.717, 1.165) is 5.56 Å². The Morgan fingerprint density at radius 1 is 1.37 bits per heavy atom. The zero-order chi connectivity index (χ0) is 13.9. The Morgan fingerprint density at radius 3 is 2.53 bits per heavy atom. The van der Waals surface area contributed by atoms with Crippen molar-refractivity contribution < 1.29 is 9.21 Å². The van der Waals surface area contributed by atoms with Crippen molar-refractivity contribution in [1.82, 2.24) is 0 Å². The molecular weight excluding hydrogens is 262 g/mol. The summed E-state index contributed by atoms with van der Waals surface area (Å²) in [6, 6.07) is 12.5. The number of carbonyl (C=O) groups is 1. The average molecular weight is 274 g/mol. The molecule has 0 fully saturated rings. The van der Waals surface area contributed by atoms with Crippen LogP contribution in [0.25, 0.3) is 0 Å². The van der Waals surface area contributed by atoms with E-state index in [9.17, 15) is 4.79 Å². The van der Waals surface area contributed by atoms with Gasteiger partial charge in [-0.05, 0) is 48.4 Å². The van der Waals surface area contributed by atoms with E-state index in [-0.39, 0.29) is 0 Å². The third-order valence-electron chi connectivity index (χ3n) is 3.19. The summed E-state index contributed by atoms with van der Waals surface area (Å²) in [5.41, 5.74) is 0.446. The SMILES string of the molecule is CC(Cc1ccco1)(C(=O)Cl)c1ccc(C#N)cc1. The lowest BCUT2D eigenvalue weighted by molar-refractivity contribution is -0.116. The molecule has 1 aromatic carbocycles. The molecule has 0 spiro atoms. The molecule has 0 saturated carbocycles. The van der Waals surface area contributed by atoms with Crippen molar-refractivity contribution in [2.24, 2.45) is 0 Å². The van der Waals surface area contributed by atoms with E-state index in [1.165, 1.54) is 0 Å². The zero-order valence-corrected chi connectivity index (χ0v) is 11.1. The molecule has 0 aliphatic heterocycles. The van der Waals surface area contributed by atoms with Crippen LogP contribution in [0.1, 0.15) is 23.8 Å². The highest BCUT2D eigenvalue weighted by Gasteiger charge is 2.35. The van der Waals surface area contributed by atoms with Crippen LogP contribution in [-0.2, 0) is 16.6 Å². The van der Waals surface area contributed by atoms with Crippen molar-refractivity contribution in [1.29, 1.82) is 5.26 Å². The summed E-state index contributed by atoms with van der Waals surface area (Å²) in [5, 5.41) is 8.34. The summed E-state index contributed by atoms with van der Waals surface area (Å²) in [5.74, 6) is 0.695. The van der Waals surface area contributed by atoms with Crippen LogP contribution in [0.3, 0.4) is 0 Å². The molecule has 3 nitrogen and oxygen atoms in total. The van der Waals surface area contributed by atoms with Gasteiger partial charge < -0.3 is 4.42 Å². The van der Waals surface area contributed by atoms with E-state index in [0.29, 0.717) is 17.7 Å². The first-order valence-corrected chi connectivity index (χ1v) is 6.17. The minimum absolute atomic E-state index is 0.383. The largest absolute Gasteiger partial charge is 0.469 e. The second-order valence-electron chi connectivity index (χ2n) is 4.55. The third kappa shape index (κ3) is 2.69. The quantitative estimate of drug-likeness (QED) is 0.802. The molecule has 1 aromatic heterocycles. The van der Waals surface area contributed by atoms with E-state index >= 15 is 0 Å². The first-order valence-electron chi connectivity index (χ1n) is 5.79. The summed E-state index contributed by atoms with van der Waals surface area (Å²) < 4.78 is 5.28. The number of benzene rings is 1. The molecule has 0 amide bonds. The van der Waals surface area contributed by atoms with E-state index in [2.05, 4.69) is 0 Å². The van der Waals surface area contributed by atoms with Gasteiger partial charge in [-0.3, -0.25) is 4.79 Å². The monoisotopic (exact) mass is 273 g/mol. The molecule has 1 unspecified atom stereocenters. The van der Waals surface area contributed by atoms with Gasteiger partial charge in [0, 0.05) is 6.42 Å². The second-order valence-corrected chi connectivity index (χ2v) is 4.89. The molecule has 0 aliphatic carbocycles. The maximum absolute atomic E-state index is 11.8. The molecule has 2 rings (SSSR count). The van der Waals surface area contributed by atoms with Gasteiger partial charge in [0.25, 0.3) is 0 Å². The van der Waals surface area contributed by atoms with Crippen LogP contribution >= 0.6 is 11.6 Å². The Hall–Kier alpha value is -2.05. The standard InChI is InChI=1S/C15H12ClNO2/c1-15(14(16)18,9-13-3-2-8-19-13)12-6-4-11(10-17)5-7-12/h2-8H,9H2,1H3. The van der Waals surface area contributed by atoms with Gasteiger partial charge in [0.05, 0.1) is 23.3 Å². The molecule has 0 N–H and O–H groups in total. The summed E-state index contributed by atoms with van der Waals surface area (Å²) in [6.45, 7) is 1.77. The Kier molecular flexibility index (Phi) is 3.73. The Labute approximate surface area is 116 Å². The number of nitrogens with zero attached hydrogens (tertiary/aromatic N) is 1. The van der Waals surface area contributed by atoms with Crippen molar-refractivity contribution in [3.05, 3.63) is 59.5 Å². The van der Waals surface area contributed by atoms with E-state index in [1.807, 2.05) is 12.1 Å². The molecule has 1 atom stereocenters. The lowest BCUT2D eigenvalue weighted by atomic mass is 9.79. The van der Waals surface area contributed by atoms with Crippen LogP contribution in [0.5, 0.6) is 0 Å². The number of furan rings is 1. The van der Waals surface area contributed by atoms with Gasteiger partial charge in [-0.15, -0.1) is 0 Å². The van der Waals surface area contributed by atoms with Crippen LogP contribution in [0, 0.1) is 11.3 Å². The Morgan fingerprint density at radius 2 is 2.05 bits per heavy atom. The predicted molar refractivity (Wildman–Crippen MR) is 71.8 cm³/mol. The highest BCUT2D eigenvalue weighted by atomic mass is 35.5. The van der Waals surface area contributed by atoms with Crippen LogP contribution in [-0.4, -0.2) is 5.24 Å². The maximum Gasteiger partial charge on any atom is 0.232 e. The highest BCUT2D eigenvalue weighted by molar-refractivity contribution is 6.65. The van der Waals surface area contributed by atoms with Gasteiger partial charge in [0.2, 0.25) is 5.24 Å². The van der Waals surface area contributed by atoms with Gasteiger partial charge in [0.1, 0.15) is 5.76 Å². The topological polar surface area (TPSA) is 54.0 Å². The number of hydrogen-bond acceptors (Lipinski definition) is 3. The highest BCUT2D eigenvalue weighted by Crippen LogP contribution is 2.31. The van der Waals surface area contributed by atoms with Crippen molar-refractivity contribution in [3.63, 3.8) is 0 Å². The van der Waals surface area contributed by atoms with Crippen molar-refractivity contribution >= 4 is 16.8 Å². The predicted octanol–water partition coefficient (Wildman–Crippen LogP) is 3.42. The first-order chi connectivity index (χ1) is 9.06. The lowest BCUT2D eigenvalue weighted by Crippen LogP contribution is -2.31. The fraction of sp³-hybridized carbons (Fsp3) is 0.200. The maximum atomic E-state index is 11.8. The van der Waals surface area contributed by atoms with Gasteiger partial charge in [0.15, 0.2) is 0 Å². The van der Waals surface area contributed by atoms with Crippen molar-refractivity contribution in [2.45, 2.75) is 18.8 Å². The summed E-state index contributed by atoms with van der Waals surface area (Å²) in [7, 11) is 0. The molecule has 19 heavy (non-hydrogen) atoms. The van der Waals surface area contributed by atoms with Crippen molar-refractivity contribution in [2.75, 3.05) is 0 Å². The fourth-order valence-corrected chi connectivity index (χ4v) is 2.14. The number of hydrogen-bond donors (Lipinski definition) is 0. The molecular formula is C15H12ClNO2. The fourth-order valence-electron chi connectivity index (χ4n) is 1.96. The van der Waals surface area contributed by atoms with E-state index in [1.54, 1.807) is 43.5 Å². The van der Waals surface area contributed by atoms with E-state index < -0.39 is 10.7 Å². The summed E-state index contributed by atoms with van der Waals surface area (Å²) in [4.78, 5) is 11.8. The number of rotatable bonds is 4. The van der Waals surface area contributed by atoms with Gasteiger partial charge >= 0.3 is 0 Å². The molecule has 4 heteroatoms. The van der Waals surface area contributed by atoms with Crippen LogP contribution in [0.2, 0.25) is 0 Å². The van der Waals surface area contributed by atoms with Crippen LogP contribution < -0.4 is 0 Å². The smallest absolute Gasteiger partial charge is 0.232 e. The number of carbonyl (C=O) groups excluding carboxylic acids is 1. The summed E-state index contributed by atoms with van der Waals surface area (Å²) >= 11 is 5.76. The minimum Gasteiger partial charge on any atom is -0.469 e. The van der Waals surface area contributed by atoms with Crippen LogP contribution in [0.15, 0.2) is 47.1 Å². The Balaban J connectivity index is 2.38.